The molecule has 0 bridgehead atoms. The minimum Gasteiger partial charge on any atom is -0.508 e. The zero-order valence-electron chi connectivity index (χ0n) is 6.54. The molecule has 0 saturated carbocycles. The van der Waals surface area contributed by atoms with Crippen molar-refractivity contribution in [1.82, 2.24) is 0 Å². The first-order chi connectivity index (χ1) is 4.86. The van der Waals surface area contributed by atoms with Gasteiger partial charge in [-0.15, -0.1) is 0 Å². The van der Waals surface area contributed by atoms with Crippen molar-refractivity contribution in [3.05, 3.63) is 35.4 Å². The van der Waals surface area contributed by atoms with Crippen LogP contribution >= 0.6 is 0 Å². The SMILES string of the molecule is Oc1ccc2c(c1)C=CC2.[H+]. The Morgan fingerprint density at radius 1 is 1.40 bits per heavy atom. The first-order valence-electron chi connectivity index (χ1n) is 3.35. The van der Waals surface area contributed by atoms with Gasteiger partial charge < -0.3 is 5.11 Å². The maximum absolute atomic E-state index is 9.06. The maximum atomic E-state index is 9.06. The lowest BCUT2D eigenvalue weighted by atomic mass is 10.1. The van der Waals surface area contributed by atoms with Crippen LogP contribution in [0.4, 0.5) is 0 Å². The molecule has 2 rings (SSSR count). The predicted molar refractivity (Wildman–Crippen MR) is 42.0 cm³/mol. The average Bonchev–Trinajstić information content (AvgIpc) is 2.33. The molecule has 0 saturated heterocycles. The number of benzene rings is 1. The van der Waals surface area contributed by atoms with Crippen LogP contribution in [-0.2, 0) is 6.42 Å². The Labute approximate surface area is 61.1 Å². The Morgan fingerprint density at radius 2 is 2.30 bits per heavy atom. The van der Waals surface area contributed by atoms with E-state index in [9.17, 15) is 0 Å². The zero-order chi connectivity index (χ0) is 6.97. The summed E-state index contributed by atoms with van der Waals surface area (Å²) in [5, 5.41) is 9.06. The molecular weight excluding hydrogens is 124 g/mol. The van der Waals surface area contributed by atoms with E-state index in [0.29, 0.717) is 5.75 Å². The lowest BCUT2D eigenvalue weighted by Crippen LogP contribution is -1.78. The van der Waals surface area contributed by atoms with Gasteiger partial charge in [-0.1, -0.05) is 18.2 Å². The molecule has 0 atom stereocenters. The highest BCUT2D eigenvalue weighted by Crippen LogP contribution is 2.22. The van der Waals surface area contributed by atoms with Crippen LogP contribution in [0.25, 0.3) is 6.08 Å². The summed E-state index contributed by atoms with van der Waals surface area (Å²) in [5.41, 5.74) is 2.46. The molecule has 1 aliphatic rings. The van der Waals surface area contributed by atoms with Gasteiger partial charge in [-0.05, 0) is 29.7 Å². The first-order valence-corrected chi connectivity index (χ1v) is 3.35. The van der Waals surface area contributed by atoms with Crippen molar-refractivity contribution >= 4 is 6.08 Å². The topological polar surface area (TPSA) is 20.2 Å². The molecule has 0 fully saturated rings. The Hall–Kier alpha value is -1.24. The van der Waals surface area contributed by atoms with Gasteiger partial charge in [0.1, 0.15) is 5.75 Å². The molecule has 1 aromatic carbocycles. The van der Waals surface area contributed by atoms with Crippen LogP contribution in [0, 0.1) is 0 Å². The summed E-state index contributed by atoms with van der Waals surface area (Å²) in [6, 6.07) is 5.48. The molecule has 0 spiro atoms. The van der Waals surface area contributed by atoms with Gasteiger partial charge in [0.15, 0.2) is 0 Å². The second-order valence-corrected chi connectivity index (χ2v) is 2.49. The van der Waals surface area contributed by atoms with Crippen LogP contribution in [0.2, 0.25) is 0 Å². The summed E-state index contributed by atoms with van der Waals surface area (Å²) in [5.74, 6) is 0.352. The Balaban J connectivity index is 0.000000605. The van der Waals surface area contributed by atoms with Crippen molar-refractivity contribution in [3.63, 3.8) is 0 Å². The number of allylic oxidation sites excluding steroid dienone is 1. The molecule has 1 heteroatoms. The highest BCUT2D eigenvalue weighted by molar-refractivity contribution is 5.61. The van der Waals surface area contributed by atoms with Gasteiger partial charge in [0.2, 0.25) is 0 Å². The number of aromatic hydroxyl groups is 1. The van der Waals surface area contributed by atoms with Crippen molar-refractivity contribution in [3.8, 4) is 5.75 Å². The van der Waals surface area contributed by atoms with E-state index in [0.717, 1.165) is 12.0 Å². The van der Waals surface area contributed by atoms with Gasteiger partial charge in [-0.2, -0.15) is 0 Å². The Kier molecular flexibility index (Phi) is 1.04. The third-order valence-electron chi connectivity index (χ3n) is 1.76. The number of phenols is 1. The molecule has 0 aromatic heterocycles. The molecule has 1 N–H and O–H groups in total. The van der Waals surface area contributed by atoms with Crippen molar-refractivity contribution < 1.29 is 6.53 Å². The maximum Gasteiger partial charge on any atom is 1.00 e. The van der Waals surface area contributed by atoms with E-state index in [1.165, 1.54) is 5.56 Å². The van der Waals surface area contributed by atoms with E-state index in [2.05, 4.69) is 6.08 Å². The van der Waals surface area contributed by atoms with Gasteiger partial charge in [-0.3, -0.25) is 0 Å². The second-order valence-electron chi connectivity index (χ2n) is 2.49. The van der Waals surface area contributed by atoms with E-state index in [-0.39, 0.29) is 1.43 Å². The quantitative estimate of drug-likeness (QED) is 0.574. The molecule has 0 radical (unpaired) electrons. The fourth-order valence-electron chi connectivity index (χ4n) is 1.24. The van der Waals surface area contributed by atoms with E-state index in [4.69, 9.17) is 5.11 Å². The number of hydrogen-bond acceptors (Lipinski definition) is 1. The van der Waals surface area contributed by atoms with E-state index >= 15 is 0 Å². The predicted octanol–water partition coefficient (Wildman–Crippen LogP) is 2.07. The Bertz CT molecular complexity index is 292. The minimum atomic E-state index is 0. The number of phenolic OH excluding ortho intramolecular Hbond substituents is 1. The smallest absolute Gasteiger partial charge is 0.508 e. The van der Waals surface area contributed by atoms with Crippen molar-refractivity contribution in [1.29, 1.82) is 0 Å². The summed E-state index contributed by atoms with van der Waals surface area (Å²) in [7, 11) is 0. The number of rotatable bonds is 0. The summed E-state index contributed by atoms with van der Waals surface area (Å²) in [6.45, 7) is 0. The largest absolute Gasteiger partial charge is 1.00 e. The highest BCUT2D eigenvalue weighted by Gasteiger charge is 2.03. The van der Waals surface area contributed by atoms with E-state index in [1.54, 1.807) is 12.1 Å². The average molecular weight is 133 g/mol. The molecule has 0 aliphatic heterocycles. The lowest BCUT2D eigenvalue weighted by Gasteiger charge is -1.96. The van der Waals surface area contributed by atoms with Crippen LogP contribution in [0.1, 0.15) is 12.6 Å². The van der Waals surface area contributed by atoms with E-state index in [1.807, 2.05) is 12.1 Å². The molecule has 50 valence electrons. The molecule has 1 aromatic rings. The van der Waals surface area contributed by atoms with Crippen LogP contribution in [-0.4, -0.2) is 5.11 Å². The molecule has 0 unspecified atom stereocenters. The van der Waals surface area contributed by atoms with E-state index < -0.39 is 0 Å². The fraction of sp³-hybridized carbons (Fsp3) is 0.111. The van der Waals surface area contributed by atoms with Gasteiger partial charge in [0.25, 0.3) is 0 Å². The Morgan fingerprint density at radius 3 is 3.20 bits per heavy atom. The molecule has 0 heterocycles. The molecule has 0 amide bonds. The van der Waals surface area contributed by atoms with Gasteiger partial charge in [0, 0.05) is 0 Å². The van der Waals surface area contributed by atoms with Gasteiger partial charge in [-0.25, -0.2) is 0 Å². The van der Waals surface area contributed by atoms with Crippen molar-refractivity contribution in [2.24, 2.45) is 0 Å². The standard InChI is InChI=1S/C9H8O/c10-9-5-4-7-2-1-3-8(7)6-9/h1,3-6,10H,2H2/p+1. The molecular formula is C9H9O+. The third kappa shape index (κ3) is 0.711. The highest BCUT2D eigenvalue weighted by atomic mass is 16.3. The normalized spacial score (nSPS) is 13.6. The molecule has 1 nitrogen and oxygen atoms in total. The monoisotopic (exact) mass is 133 g/mol. The summed E-state index contributed by atoms with van der Waals surface area (Å²) in [6.07, 6.45) is 5.15. The fourth-order valence-corrected chi connectivity index (χ4v) is 1.24. The van der Waals surface area contributed by atoms with Crippen molar-refractivity contribution in [2.75, 3.05) is 0 Å². The number of fused-ring (bicyclic) bond motifs is 1. The van der Waals surface area contributed by atoms with Gasteiger partial charge in [0.05, 0.1) is 0 Å². The zero-order valence-corrected chi connectivity index (χ0v) is 5.54. The summed E-state index contributed by atoms with van der Waals surface area (Å²) < 4.78 is 0. The van der Waals surface area contributed by atoms with Crippen LogP contribution in [0.15, 0.2) is 24.3 Å². The van der Waals surface area contributed by atoms with Crippen molar-refractivity contribution in [2.45, 2.75) is 6.42 Å². The lowest BCUT2D eigenvalue weighted by molar-refractivity contribution is 0.475. The van der Waals surface area contributed by atoms with Crippen LogP contribution < -0.4 is 0 Å². The van der Waals surface area contributed by atoms with Crippen LogP contribution in [0.3, 0.4) is 0 Å². The van der Waals surface area contributed by atoms with Gasteiger partial charge >= 0.3 is 1.43 Å². The molecule has 10 heavy (non-hydrogen) atoms. The summed E-state index contributed by atoms with van der Waals surface area (Å²) in [4.78, 5) is 0. The third-order valence-corrected chi connectivity index (χ3v) is 1.76. The van der Waals surface area contributed by atoms with Crippen LogP contribution in [0.5, 0.6) is 5.75 Å². The first kappa shape index (κ1) is 5.54. The second kappa shape index (κ2) is 1.87. The molecule has 1 aliphatic carbocycles. The summed E-state index contributed by atoms with van der Waals surface area (Å²) >= 11 is 0. The minimum absolute atomic E-state index is 0. The number of hydrogen-bond donors (Lipinski definition) is 1.